The Balaban J connectivity index is 0.000000662. The zero-order chi connectivity index (χ0) is 15.6. The lowest BCUT2D eigenvalue weighted by Crippen LogP contribution is -2.03. The van der Waals surface area contributed by atoms with Crippen molar-refractivity contribution in [2.45, 2.75) is 96.8 Å². The van der Waals surface area contributed by atoms with Crippen LogP contribution in [0.2, 0.25) is 0 Å². The van der Waals surface area contributed by atoms with E-state index in [4.69, 9.17) is 5.11 Å². The van der Waals surface area contributed by atoms with Gasteiger partial charge in [-0.2, -0.15) is 0 Å². The number of carbonyl (C=O) groups is 1. The molecule has 2 N–H and O–H groups in total. The van der Waals surface area contributed by atoms with Crippen molar-refractivity contribution < 1.29 is 9.90 Å². The van der Waals surface area contributed by atoms with E-state index in [0.29, 0.717) is 6.42 Å². The number of hydrogen-bond donors (Lipinski definition) is 2. The molecule has 0 bridgehead atoms. The fourth-order valence-corrected chi connectivity index (χ4v) is 2.57. The second-order valence-corrected chi connectivity index (χ2v) is 6.14. The summed E-state index contributed by atoms with van der Waals surface area (Å²) in [5.41, 5.74) is 0. The van der Waals surface area contributed by atoms with Gasteiger partial charge in [0, 0.05) is 6.42 Å². The first-order valence-electron chi connectivity index (χ1n) is 9.20. The highest BCUT2D eigenvalue weighted by atomic mass is 16.4. The van der Waals surface area contributed by atoms with Crippen LogP contribution >= 0.6 is 0 Å². The summed E-state index contributed by atoms with van der Waals surface area (Å²) < 4.78 is 0. The summed E-state index contributed by atoms with van der Waals surface area (Å²) in [7, 11) is 0. The summed E-state index contributed by atoms with van der Waals surface area (Å²) in [5, 5.41) is 11.7. The van der Waals surface area contributed by atoms with Crippen molar-refractivity contribution in [3.05, 3.63) is 0 Å². The fourth-order valence-electron chi connectivity index (χ4n) is 2.57. The molecule has 0 unspecified atom stereocenters. The van der Waals surface area contributed by atoms with Gasteiger partial charge >= 0.3 is 5.97 Å². The van der Waals surface area contributed by atoms with Gasteiger partial charge in [0.1, 0.15) is 0 Å². The average Bonchev–Trinajstić information content (AvgIpc) is 3.04. The smallest absolute Gasteiger partial charge is 0.303 e. The molecule has 1 rings (SSSR count). The van der Waals surface area contributed by atoms with E-state index >= 15 is 0 Å². The molecule has 0 spiro atoms. The first-order valence-corrected chi connectivity index (χ1v) is 9.20. The topological polar surface area (TPSA) is 49.3 Å². The van der Waals surface area contributed by atoms with E-state index in [-0.39, 0.29) is 0 Å². The Labute approximate surface area is 131 Å². The van der Waals surface area contributed by atoms with Gasteiger partial charge in [-0.05, 0) is 32.4 Å². The van der Waals surface area contributed by atoms with Crippen LogP contribution < -0.4 is 5.32 Å². The molecule has 1 aliphatic heterocycles. The molecular formula is C18H37NO2. The van der Waals surface area contributed by atoms with Crippen LogP contribution in [-0.4, -0.2) is 24.2 Å². The normalized spacial score (nSPS) is 13.8. The maximum Gasteiger partial charge on any atom is 0.303 e. The monoisotopic (exact) mass is 299 g/mol. The number of aliphatic carboxylic acids is 1. The second kappa shape index (κ2) is 17.5. The van der Waals surface area contributed by atoms with Crippen LogP contribution in [0.3, 0.4) is 0 Å². The van der Waals surface area contributed by atoms with Gasteiger partial charge in [0.05, 0.1) is 0 Å². The molecule has 3 nitrogen and oxygen atoms in total. The van der Waals surface area contributed by atoms with Crippen LogP contribution in [0.25, 0.3) is 0 Å². The van der Waals surface area contributed by atoms with Gasteiger partial charge in [-0.3, -0.25) is 4.79 Å². The number of rotatable bonds is 12. The summed E-state index contributed by atoms with van der Waals surface area (Å²) in [6.45, 7) is 4.75. The Bertz CT molecular complexity index is 208. The van der Waals surface area contributed by atoms with Gasteiger partial charge < -0.3 is 10.4 Å². The van der Waals surface area contributed by atoms with Crippen molar-refractivity contribution in [2.75, 3.05) is 13.1 Å². The van der Waals surface area contributed by atoms with Crippen LogP contribution in [-0.2, 0) is 4.79 Å². The quantitative estimate of drug-likeness (QED) is 0.490. The molecule has 0 aromatic carbocycles. The molecule has 1 aliphatic rings. The van der Waals surface area contributed by atoms with E-state index in [1.54, 1.807) is 0 Å². The fraction of sp³-hybridized carbons (Fsp3) is 0.944. The van der Waals surface area contributed by atoms with E-state index in [2.05, 4.69) is 12.2 Å². The number of carboxylic acid groups (broad SMARTS) is 1. The van der Waals surface area contributed by atoms with Crippen LogP contribution in [0.5, 0.6) is 0 Å². The number of hydrogen-bond acceptors (Lipinski definition) is 2. The molecule has 21 heavy (non-hydrogen) atoms. The molecule has 0 atom stereocenters. The predicted octanol–water partition coefficient (Wildman–Crippen LogP) is 5.14. The van der Waals surface area contributed by atoms with Crippen LogP contribution in [0, 0.1) is 0 Å². The average molecular weight is 299 g/mol. The number of carboxylic acids is 1. The lowest BCUT2D eigenvalue weighted by molar-refractivity contribution is -0.137. The van der Waals surface area contributed by atoms with Crippen molar-refractivity contribution >= 4 is 5.97 Å². The third-order valence-corrected chi connectivity index (χ3v) is 3.95. The van der Waals surface area contributed by atoms with Crippen LogP contribution in [0.15, 0.2) is 0 Å². The molecule has 1 saturated heterocycles. The highest BCUT2D eigenvalue weighted by Gasteiger charge is 1.96. The molecule has 0 saturated carbocycles. The van der Waals surface area contributed by atoms with Gasteiger partial charge in [0.25, 0.3) is 0 Å². The minimum absolute atomic E-state index is 0.344. The summed E-state index contributed by atoms with van der Waals surface area (Å²) in [6.07, 6.45) is 17.1. The molecular weight excluding hydrogens is 262 g/mol. The molecule has 0 aromatic rings. The largest absolute Gasteiger partial charge is 0.481 e. The van der Waals surface area contributed by atoms with E-state index in [9.17, 15) is 4.79 Å². The standard InChI is InChI=1S/C14H28O2.C4H9N/c1-2-3-4-5-6-7-8-9-10-11-12-13-14(15)16;1-2-4-5-3-1/h2-13H2,1H3,(H,15,16);5H,1-4H2. The minimum Gasteiger partial charge on any atom is -0.481 e. The zero-order valence-corrected chi connectivity index (χ0v) is 14.2. The van der Waals surface area contributed by atoms with Crippen molar-refractivity contribution in [1.82, 2.24) is 5.32 Å². The third kappa shape index (κ3) is 19.4. The van der Waals surface area contributed by atoms with Gasteiger partial charge in [-0.25, -0.2) is 0 Å². The molecule has 126 valence electrons. The SMILES string of the molecule is C1CCNC1.CCCCCCCCCCCCCC(=O)O. The van der Waals surface area contributed by atoms with Crippen LogP contribution in [0.1, 0.15) is 96.8 Å². The number of unbranched alkanes of at least 4 members (excludes halogenated alkanes) is 10. The minimum atomic E-state index is -0.657. The van der Waals surface area contributed by atoms with E-state index in [1.165, 1.54) is 83.7 Å². The predicted molar refractivity (Wildman–Crippen MR) is 90.8 cm³/mol. The van der Waals surface area contributed by atoms with Gasteiger partial charge in [0.15, 0.2) is 0 Å². The van der Waals surface area contributed by atoms with Crippen LogP contribution in [0.4, 0.5) is 0 Å². The first-order chi connectivity index (χ1) is 10.3. The summed E-state index contributed by atoms with van der Waals surface area (Å²) in [4.78, 5) is 10.3. The Kier molecular flexibility index (Phi) is 17.0. The lowest BCUT2D eigenvalue weighted by atomic mass is 10.1. The van der Waals surface area contributed by atoms with E-state index in [1.807, 2.05) is 0 Å². The van der Waals surface area contributed by atoms with Crippen molar-refractivity contribution in [2.24, 2.45) is 0 Å². The highest BCUT2D eigenvalue weighted by molar-refractivity contribution is 5.66. The first kappa shape index (κ1) is 20.4. The Morgan fingerprint density at radius 3 is 1.57 bits per heavy atom. The van der Waals surface area contributed by atoms with Crippen molar-refractivity contribution in [1.29, 1.82) is 0 Å². The third-order valence-electron chi connectivity index (χ3n) is 3.95. The summed E-state index contributed by atoms with van der Waals surface area (Å²) in [5.74, 6) is -0.657. The molecule has 0 aliphatic carbocycles. The highest BCUT2D eigenvalue weighted by Crippen LogP contribution is 2.11. The van der Waals surface area contributed by atoms with Gasteiger partial charge in [-0.1, -0.05) is 71.1 Å². The molecule has 1 fully saturated rings. The zero-order valence-electron chi connectivity index (χ0n) is 14.2. The Morgan fingerprint density at radius 2 is 1.24 bits per heavy atom. The molecule has 0 amide bonds. The van der Waals surface area contributed by atoms with Gasteiger partial charge in [0.2, 0.25) is 0 Å². The van der Waals surface area contributed by atoms with E-state index < -0.39 is 5.97 Å². The molecule has 0 radical (unpaired) electrons. The number of nitrogens with one attached hydrogen (secondary N) is 1. The maximum absolute atomic E-state index is 10.3. The lowest BCUT2D eigenvalue weighted by Gasteiger charge is -2.01. The summed E-state index contributed by atoms with van der Waals surface area (Å²) >= 11 is 0. The molecule has 0 aromatic heterocycles. The molecule has 1 heterocycles. The molecule has 3 heteroatoms. The summed E-state index contributed by atoms with van der Waals surface area (Å²) in [6, 6.07) is 0. The maximum atomic E-state index is 10.3. The second-order valence-electron chi connectivity index (χ2n) is 6.14. The van der Waals surface area contributed by atoms with E-state index in [0.717, 1.165) is 12.8 Å². The Morgan fingerprint density at radius 1 is 0.810 bits per heavy atom. The van der Waals surface area contributed by atoms with Crippen molar-refractivity contribution in [3.63, 3.8) is 0 Å². The van der Waals surface area contributed by atoms with Gasteiger partial charge in [-0.15, -0.1) is 0 Å². The Hall–Kier alpha value is -0.570. The van der Waals surface area contributed by atoms with Crippen molar-refractivity contribution in [3.8, 4) is 0 Å².